The number of halogens is 1. The molecule has 0 unspecified atom stereocenters. The molecule has 0 radical (unpaired) electrons. The highest BCUT2D eigenvalue weighted by Crippen LogP contribution is 2.22. The summed E-state index contributed by atoms with van der Waals surface area (Å²) in [5.41, 5.74) is 0. The normalized spacial score (nSPS) is 22.3. The van der Waals surface area contributed by atoms with Crippen LogP contribution in [-0.4, -0.2) is 61.5 Å². The molecule has 2 fully saturated rings. The fraction of sp³-hybridized carbons (Fsp3) is 0.933. The van der Waals surface area contributed by atoms with Crippen LogP contribution in [0.5, 0.6) is 0 Å². The van der Waals surface area contributed by atoms with E-state index in [1.54, 1.807) is 0 Å². The maximum Gasteiger partial charge on any atom is 0.236 e. The molecule has 0 atom stereocenters. The lowest BCUT2D eigenvalue weighted by Crippen LogP contribution is -2.48. The Labute approximate surface area is 129 Å². The SMILES string of the molecule is CNC1CCN(CC(=O)N(C)C2CCCCC2)CC1.Cl. The molecule has 5 heteroatoms. The molecule has 1 aliphatic carbocycles. The second-order valence-electron chi connectivity index (χ2n) is 6.14. The van der Waals surface area contributed by atoms with Crippen molar-refractivity contribution in [1.82, 2.24) is 15.1 Å². The van der Waals surface area contributed by atoms with Gasteiger partial charge in [0.05, 0.1) is 6.54 Å². The third-order valence-electron chi connectivity index (χ3n) is 4.87. The third kappa shape index (κ3) is 4.90. The lowest BCUT2D eigenvalue weighted by Gasteiger charge is -2.35. The molecule has 1 saturated heterocycles. The number of piperidine rings is 1. The minimum atomic E-state index is 0. The molecule has 0 spiro atoms. The second kappa shape index (κ2) is 8.85. The standard InChI is InChI=1S/C15H29N3O.ClH/c1-16-13-8-10-18(11-9-13)12-15(19)17(2)14-6-4-3-5-7-14;/h13-14,16H,3-12H2,1-2H3;1H. The highest BCUT2D eigenvalue weighted by molar-refractivity contribution is 5.85. The zero-order valence-corrected chi connectivity index (χ0v) is 13.8. The van der Waals surface area contributed by atoms with Crippen molar-refractivity contribution in [2.45, 2.75) is 57.0 Å². The van der Waals surface area contributed by atoms with Crippen molar-refractivity contribution < 1.29 is 4.79 Å². The predicted molar refractivity (Wildman–Crippen MR) is 85.4 cm³/mol. The highest BCUT2D eigenvalue weighted by Gasteiger charge is 2.25. The van der Waals surface area contributed by atoms with Crippen LogP contribution in [0.3, 0.4) is 0 Å². The number of hydrogen-bond donors (Lipinski definition) is 1. The Morgan fingerprint density at radius 2 is 1.75 bits per heavy atom. The molecule has 2 rings (SSSR count). The van der Waals surface area contributed by atoms with Gasteiger partial charge in [-0.2, -0.15) is 0 Å². The van der Waals surface area contributed by atoms with E-state index in [1.165, 1.54) is 32.1 Å². The molecule has 2 aliphatic rings. The number of rotatable bonds is 4. The Bertz CT molecular complexity index is 287. The van der Waals surface area contributed by atoms with E-state index in [2.05, 4.69) is 10.2 Å². The van der Waals surface area contributed by atoms with E-state index < -0.39 is 0 Å². The van der Waals surface area contributed by atoms with Crippen LogP contribution < -0.4 is 5.32 Å². The summed E-state index contributed by atoms with van der Waals surface area (Å²) in [5.74, 6) is 0.315. The molecular formula is C15H30ClN3O. The minimum Gasteiger partial charge on any atom is -0.342 e. The molecule has 1 saturated carbocycles. The fourth-order valence-electron chi connectivity index (χ4n) is 3.35. The van der Waals surface area contributed by atoms with E-state index >= 15 is 0 Å². The van der Waals surface area contributed by atoms with Crippen molar-refractivity contribution in [3.8, 4) is 0 Å². The van der Waals surface area contributed by atoms with Crippen molar-refractivity contribution in [1.29, 1.82) is 0 Å². The topological polar surface area (TPSA) is 35.6 Å². The van der Waals surface area contributed by atoms with E-state index in [0.717, 1.165) is 25.9 Å². The van der Waals surface area contributed by atoms with Gasteiger partial charge in [-0.05, 0) is 32.7 Å². The first-order valence-electron chi connectivity index (χ1n) is 7.86. The van der Waals surface area contributed by atoms with E-state index in [1.807, 2.05) is 19.0 Å². The van der Waals surface area contributed by atoms with Crippen LogP contribution >= 0.6 is 12.4 Å². The first-order valence-corrected chi connectivity index (χ1v) is 7.86. The molecule has 0 bridgehead atoms. The summed E-state index contributed by atoms with van der Waals surface area (Å²) in [5, 5.41) is 3.33. The third-order valence-corrected chi connectivity index (χ3v) is 4.87. The van der Waals surface area contributed by atoms with Crippen molar-refractivity contribution in [2.24, 2.45) is 0 Å². The number of likely N-dealkylation sites (N-methyl/N-ethyl adjacent to an activating group) is 1. The van der Waals surface area contributed by atoms with E-state index in [0.29, 0.717) is 24.5 Å². The van der Waals surface area contributed by atoms with Crippen LogP contribution in [0, 0.1) is 0 Å². The molecule has 1 aliphatic heterocycles. The van der Waals surface area contributed by atoms with Crippen LogP contribution in [0.1, 0.15) is 44.9 Å². The number of likely N-dealkylation sites (tertiary alicyclic amines) is 1. The molecule has 0 aromatic carbocycles. The summed E-state index contributed by atoms with van der Waals surface area (Å²) in [4.78, 5) is 16.7. The first kappa shape index (κ1) is 17.7. The number of hydrogen-bond acceptors (Lipinski definition) is 3. The van der Waals surface area contributed by atoms with Gasteiger partial charge < -0.3 is 10.2 Å². The van der Waals surface area contributed by atoms with Gasteiger partial charge in [-0.25, -0.2) is 0 Å². The maximum absolute atomic E-state index is 12.3. The van der Waals surface area contributed by atoms with Crippen molar-refractivity contribution in [3.63, 3.8) is 0 Å². The molecule has 0 aromatic heterocycles. The second-order valence-corrected chi connectivity index (χ2v) is 6.14. The van der Waals surface area contributed by atoms with Gasteiger partial charge >= 0.3 is 0 Å². The number of amides is 1. The van der Waals surface area contributed by atoms with E-state index in [9.17, 15) is 4.79 Å². The van der Waals surface area contributed by atoms with Gasteiger partial charge in [0.25, 0.3) is 0 Å². The van der Waals surface area contributed by atoms with Crippen molar-refractivity contribution in [2.75, 3.05) is 33.7 Å². The van der Waals surface area contributed by atoms with Crippen molar-refractivity contribution >= 4 is 18.3 Å². The zero-order valence-electron chi connectivity index (χ0n) is 12.9. The molecule has 1 heterocycles. The Balaban J connectivity index is 0.00000200. The van der Waals surface area contributed by atoms with Gasteiger partial charge in [0, 0.05) is 32.2 Å². The fourth-order valence-corrected chi connectivity index (χ4v) is 3.35. The smallest absolute Gasteiger partial charge is 0.236 e. The number of carbonyl (C=O) groups excluding carboxylic acids is 1. The Hall–Kier alpha value is -0.320. The number of nitrogens with zero attached hydrogens (tertiary/aromatic N) is 2. The molecule has 4 nitrogen and oxygen atoms in total. The van der Waals surface area contributed by atoms with Crippen LogP contribution in [0.4, 0.5) is 0 Å². The molecule has 0 aromatic rings. The average Bonchev–Trinajstić information content (AvgIpc) is 2.48. The molecule has 20 heavy (non-hydrogen) atoms. The Morgan fingerprint density at radius 1 is 1.15 bits per heavy atom. The molecule has 1 amide bonds. The summed E-state index contributed by atoms with van der Waals surface area (Å²) >= 11 is 0. The maximum atomic E-state index is 12.3. The van der Waals surface area contributed by atoms with Gasteiger partial charge in [-0.1, -0.05) is 19.3 Å². The summed E-state index contributed by atoms with van der Waals surface area (Å²) < 4.78 is 0. The van der Waals surface area contributed by atoms with Crippen molar-refractivity contribution in [3.05, 3.63) is 0 Å². The molecule has 118 valence electrons. The molecule has 1 N–H and O–H groups in total. The van der Waals surface area contributed by atoms with Crippen LogP contribution in [0.15, 0.2) is 0 Å². The predicted octanol–water partition coefficient (Wildman–Crippen LogP) is 1.88. The van der Waals surface area contributed by atoms with Gasteiger partial charge in [0.1, 0.15) is 0 Å². The van der Waals surface area contributed by atoms with Crippen LogP contribution in [0.2, 0.25) is 0 Å². The molecular weight excluding hydrogens is 274 g/mol. The average molecular weight is 304 g/mol. The van der Waals surface area contributed by atoms with E-state index in [-0.39, 0.29) is 12.4 Å². The summed E-state index contributed by atoms with van der Waals surface area (Å²) in [6.07, 6.45) is 8.64. The lowest BCUT2D eigenvalue weighted by atomic mass is 9.94. The van der Waals surface area contributed by atoms with Gasteiger partial charge in [0.15, 0.2) is 0 Å². The zero-order chi connectivity index (χ0) is 13.7. The van der Waals surface area contributed by atoms with Gasteiger partial charge in [-0.3, -0.25) is 9.69 Å². The van der Waals surface area contributed by atoms with Crippen LogP contribution in [0.25, 0.3) is 0 Å². The van der Waals surface area contributed by atoms with E-state index in [4.69, 9.17) is 0 Å². The number of nitrogens with one attached hydrogen (secondary N) is 1. The highest BCUT2D eigenvalue weighted by atomic mass is 35.5. The monoisotopic (exact) mass is 303 g/mol. The van der Waals surface area contributed by atoms with Gasteiger partial charge in [0.2, 0.25) is 5.91 Å². The van der Waals surface area contributed by atoms with Crippen LogP contribution in [-0.2, 0) is 4.79 Å². The van der Waals surface area contributed by atoms with Gasteiger partial charge in [-0.15, -0.1) is 12.4 Å². The first-order chi connectivity index (χ1) is 9.20. The summed E-state index contributed by atoms with van der Waals surface area (Å²) in [7, 11) is 4.03. The quantitative estimate of drug-likeness (QED) is 0.861. The lowest BCUT2D eigenvalue weighted by molar-refractivity contribution is -0.134. The largest absolute Gasteiger partial charge is 0.342 e. The minimum absolute atomic E-state index is 0. The summed E-state index contributed by atoms with van der Waals surface area (Å²) in [6, 6.07) is 1.14. The summed E-state index contributed by atoms with van der Waals surface area (Å²) in [6.45, 7) is 2.72. The Kier molecular flexibility index (Phi) is 7.85. The Morgan fingerprint density at radius 3 is 2.30 bits per heavy atom. The number of carbonyl (C=O) groups is 1.